The van der Waals surface area contributed by atoms with Crippen LogP contribution in [0.3, 0.4) is 0 Å². The minimum absolute atomic E-state index is 0.125. The van der Waals surface area contributed by atoms with Crippen molar-refractivity contribution in [1.82, 2.24) is 10.2 Å². The average molecular weight is 628 g/mol. The van der Waals surface area contributed by atoms with Crippen LogP contribution in [0.4, 0.5) is 5.69 Å². The average Bonchev–Trinajstić information content (AvgIpc) is 3.68. The Bertz CT molecular complexity index is 1550. The van der Waals surface area contributed by atoms with Gasteiger partial charge in [-0.3, -0.25) is 19.2 Å². The molecule has 10 nitrogen and oxygen atoms in total. The van der Waals surface area contributed by atoms with Gasteiger partial charge in [-0.25, -0.2) is 0 Å². The standard InChI is InChI=1S/C36H41N3O7/c1-22-12-10-13-23(2)30(22)38-19-9-5-8-16-27(41)37-24(3)31(25-14-6-4-7-15-25)45-35(44)28-26-17-18-36(46-26)29(28)33(42)39(20-11-21-40)32(36)34(38)43/h4-7,9-10,12-15,17-18,24,26,28-29,31-32,40H,8,11,16,19-21H2,1-3H3,(H,37,41)/b9-5-/t24-,26+,28-,29-,31+,32+,36-/m1/s1. The third kappa shape index (κ3) is 5.43. The molecule has 2 aromatic rings. The van der Waals surface area contributed by atoms with Crippen LogP contribution in [0.15, 0.2) is 72.8 Å². The first-order valence-electron chi connectivity index (χ1n) is 16.0. The Morgan fingerprint density at radius 3 is 2.43 bits per heavy atom. The lowest BCUT2D eigenvalue weighted by Gasteiger charge is -2.36. The first-order chi connectivity index (χ1) is 22.2. The summed E-state index contributed by atoms with van der Waals surface area (Å²) in [6.07, 6.45) is 6.62. The fourth-order valence-electron chi connectivity index (χ4n) is 7.59. The van der Waals surface area contributed by atoms with Gasteiger partial charge < -0.3 is 29.7 Å². The second-order valence-corrected chi connectivity index (χ2v) is 12.6. The van der Waals surface area contributed by atoms with Gasteiger partial charge in [-0.2, -0.15) is 0 Å². The number of carbonyl (C=O) groups is 4. The zero-order valence-corrected chi connectivity index (χ0v) is 26.4. The topological polar surface area (TPSA) is 125 Å². The zero-order chi connectivity index (χ0) is 32.6. The van der Waals surface area contributed by atoms with Crippen molar-refractivity contribution in [2.45, 2.75) is 69.9 Å². The number of rotatable bonds is 5. The molecule has 2 fully saturated rings. The number of fused-ring (bicyclic) bond motifs is 2. The van der Waals surface area contributed by atoms with E-state index < -0.39 is 47.7 Å². The van der Waals surface area contributed by atoms with Crippen LogP contribution in [0.5, 0.6) is 0 Å². The van der Waals surface area contributed by atoms with Crippen LogP contribution >= 0.6 is 0 Å². The van der Waals surface area contributed by atoms with Gasteiger partial charge in [0.25, 0.3) is 5.91 Å². The van der Waals surface area contributed by atoms with E-state index >= 15 is 0 Å². The normalized spacial score (nSPS) is 32.0. The molecule has 0 radical (unpaired) electrons. The van der Waals surface area contributed by atoms with Gasteiger partial charge in [0.1, 0.15) is 23.7 Å². The van der Waals surface area contributed by atoms with Crippen LogP contribution in [0.25, 0.3) is 0 Å². The first-order valence-corrected chi connectivity index (χ1v) is 16.0. The number of aliphatic hydroxyl groups is 1. The number of hydrogen-bond donors (Lipinski definition) is 2. The number of nitrogens with zero attached hydrogens (tertiary/aromatic N) is 2. The van der Waals surface area contributed by atoms with E-state index in [-0.39, 0.29) is 50.3 Å². The highest BCUT2D eigenvalue weighted by molar-refractivity contribution is 6.06. The molecule has 5 bridgehead atoms. The summed E-state index contributed by atoms with van der Waals surface area (Å²) in [4.78, 5) is 59.5. The zero-order valence-electron chi connectivity index (χ0n) is 26.4. The summed E-state index contributed by atoms with van der Waals surface area (Å²) in [6, 6.07) is 13.4. The Kier molecular flexibility index (Phi) is 8.85. The van der Waals surface area contributed by atoms with Crippen LogP contribution in [0.2, 0.25) is 0 Å². The highest BCUT2D eigenvalue weighted by Gasteiger charge is 2.73. The van der Waals surface area contributed by atoms with Crippen LogP contribution in [-0.2, 0) is 28.7 Å². The number of carbonyl (C=O) groups excluding carboxylic acids is 4. The lowest BCUT2D eigenvalue weighted by Crippen LogP contribution is -2.56. The maximum atomic E-state index is 14.9. The number of esters is 1. The van der Waals surface area contributed by atoms with E-state index in [2.05, 4.69) is 5.32 Å². The first kappa shape index (κ1) is 31.7. The van der Waals surface area contributed by atoms with Crippen molar-refractivity contribution in [3.05, 3.63) is 89.5 Å². The van der Waals surface area contributed by atoms with Gasteiger partial charge in [-0.1, -0.05) is 72.8 Å². The van der Waals surface area contributed by atoms with Crippen molar-refractivity contribution in [3.8, 4) is 0 Å². The van der Waals surface area contributed by atoms with Crippen LogP contribution in [-0.4, -0.2) is 77.2 Å². The van der Waals surface area contributed by atoms with Crippen LogP contribution in [0, 0.1) is 25.7 Å². The molecule has 4 aliphatic rings. The summed E-state index contributed by atoms with van der Waals surface area (Å²) in [6.45, 7) is 5.82. The van der Waals surface area contributed by atoms with Crippen molar-refractivity contribution >= 4 is 29.4 Å². The quantitative estimate of drug-likeness (QED) is 0.385. The second-order valence-electron chi connectivity index (χ2n) is 12.6. The fourth-order valence-corrected chi connectivity index (χ4v) is 7.59. The number of aryl methyl sites for hydroxylation is 2. The Morgan fingerprint density at radius 2 is 1.72 bits per heavy atom. The molecule has 3 amide bonds. The van der Waals surface area contributed by atoms with Crippen molar-refractivity contribution in [3.63, 3.8) is 0 Å². The molecule has 0 saturated carbocycles. The summed E-state index contributed by atoms with van der Waals surface area (Å²) < 4.78 is 12.7. The molecule has 6 rings (SSSR count). The predicted octanol–water partition coefficient (Wildman–Crippen LogP) is 3.31. The molecule has 46 heavy (non-hydrogen) atoms. The van der Waals surface area contributed by atoms with Crippen LogP contribution in [0.1, 0.15) is 49.0 Å². The number of aliphatic hydroxyl groups excluding tert-OH is 1. The molecule has 7 atom stereocenters. The summed E-state index contributed by atoms with van der Waals surface area (Å²) >= 11 is 0. The molecule has 0 unspecified atom stereocenters. The number of hydrogen-bond acceptors (Lipinski definition) is 7. The van der Waals surface area contributed by atoms with Crippen LogP contribution < -0.4 is 10.2 Å². The molecule has 0 aliphatic carbocycles. The molecule has 4 heterocycles. The van der Waals surface area contributed by atoms with E-state index in [1.165, 1.54) is 4.90 Å². The van der Waals surface area contributed by atoms with Gasteiger partial charge in [0, 0.05) is 31.8 Å². The molecule has 2 N–H and O–H groups in total. The second kappa shape index (κ2) is 12.8. The van der Waals surface area contributed by atoms with Gasteiger partial charge in [-0.05, 0) is 50.3 Å². The maximum absolute atomic E-state index is 14.9. The maximum Gasteiger partial charge on any atom is 0.313 e. The number of para-hydroxylation sites is 1. The molecule has 2 aromatic carbocycles. The molecular formula is C36H41N3O7. The third-order valence-corrected chi connectivity index (χ3v) is 9.62. The number of benzene rings is 2. The SMILES string of the molecule is Cc1cccc(C)c1N1C/C=C\CCC(=O)N[C@H](C)[C@@H](c2ccccc2)OC(=O)[C@@H]2[C@@H]3C=C[C@]4(O3)[C@H](C1=O)N(CCCO)C(=O)[C@@H]24. The lowest BCUT2D eigenvalue weighted by atomic mass is 9.74. The van der Waals surface area contributed by atoms with E-state index in [1.807, 2.05) is 74.5 Å². The minimum atomic E-state index is -1.38. The van der Waals surface area contributed by atoms with Gasteiger partial charge >= 0.3 is 5.97 Å². The third-order valence-electron chi connectivity index (χ3n) is 9.62. The Labute approximate surface area is 269 Å². The van der Waals surface area contributed by atoms with Crippen molar-refractivity contribution < 1.29 is 33.8 Å². The molecular weight excluding hydrogens is 586 g/mol. The van der Waals surface area contributed by atoms with E-state index in [0.717, 1.165) is 16.8 Å². The highest BCUT2D eigenvalue weighted by atomic mass is 16.6. The van der Waals surface area contributed by atoms with E-state index in [0.29, 0.717) is 12.0 Å². The molecule has 10 heteroatoms. The highest BCUT2D eigenvalue weighted by Crippen LogP contribution is 2.56. The Hall–Kier alpha value is -4.28. The summed E-state index contributed by atoms with van der Waals surface area (Å²) in [7, 11) is 0. The lowest BCUT2D eigenvalue weighted by molar-refractivity contribution is -0.161. The van der Waals surface area contributed by atoms with Gasteiger partial charge in [-0.15, -0.1) is 0 Å². The minimum Gasteiger partial charge on any atom is -0.455 e. The number of amides is 3. The molecule has 242 valence electrons. The predicted molar refractivity (Wildman–Crippen MR) is 170 cm³/mol. The van der Waals surface area contributed by atoms with Gasteiger partial charge in [0.05, 0.1) is 18.1 Å². The Morgan fingerprint density at radius 1 is 0.978 bits per heavy atom. The summed E-state index contributed by atoms with van der Waals surface area (Å²) in [5.74, 6) is -3.53. The number of nitrogens with one attached hydrogen (secondary N) is 1. The van der Waals surface area contributed by atoms with Gasteiger partial charge in [0.15, 0.2) is 0 Å². The Balaban J connectivity index is 1.46. The van der Waals surface area contributed by atoms with Crippen molar-refractivity contribution in [2.75, 3.05) is 24.6 Å². The van der Waals surface area contributed by atoms with E-state index in [9.17, 15) is 24.3 Å². The van der Waals surface area contributed by atoms with E-state index in [1.54, 1.807) is 24.0 Å². The van der Waals surface area contributed by atoms with Crippen molar-refractivity contribution in [1.29, 1.82) is 0 Å². The monoisotopic (exact) mass is 627 g/mol. The smallest absolute Gasteiger partial charge is 0.313 e. The molecule has 1 spiro atoms. The number of anilines is 1. The van der Waals surface area contributed by atoms with E-state index in [4.69, 9.17) is 9.47 Å². The number of likely N-dealkylation sites (tertiary alicyclic amines) is 1. The largest absolute Gasteiger partial charge is 0.455 e. The summed E-state index contributed by atoms with van der Waals surface area (Å²) in [5, 5.41) is 12.7. The van der Waals surface area contributed by atoms with Gasteiger partial charge in [0.2, 0.25) is 11.8 Å². The molecule has 2 saturated heterocycles. The summed E-state index contributed by atoms with van der Waals surface area (Å²) in [5.41, 5.74) is 1.83. The fraction of sp³-hybridized carbons (Fsp3) is 0.444. The number of cyclic esters (lactones) is 1. The number of ether oxygens (including phenoxy) is 2. The number of allylic oxidation sites excluding steroid dienone is 1. The molecule has 4 aliphatic heterocycles. The van der Waals surface area contributed by atoms with Crippen molar-refractivity contribution in [2.24, 2.45) is 11.8 Å². The molecule has 0 aromatic heterocycles.